The van der Waals surface area contributed by atoms with Crippen LogP contribution in [-0.2, 0) is 16.1 Å². The van der Waals surface area contributed by atoms with E-state index < -0.39 is 6.04 Å². The molecule has 2 amide bonds. The summed E-state index contributed by atoms with van der Waals surface area (Å²) in [4.78, 5) is 27.2. The van der Waals surface area contributed by atoms with Crippen LogP contribution in [0.2, 0.25) is 0 Å². The number of hydrogen-bond donors (Lipinski definition) is 1. The molecule has 0 bridgehead atoms. The molecule has 7 heteroatoms. The zero-order valence-corrected chi connectivity index (χ0v) is 18.0. The van der Waals surface area contributed by atoms with E-state index in [1.807, 2.05) is 44.2 Å². The molecule has 2 aromatic rings. The molecule has 30 heavy (non-hydrogen) atoms. The van der Waals surface area contributed by atoms with Crippen LogP contribution < -0.4 is 19.5 Å². The molecule has 0 aliphatic carbocycles. The van der Waals surface area contributed by atoms with Crippen molar-refractivity contribution in [2.24, 2.45) is 0 Å². The summed E-state index contributed by atoms with van der Waals surface area (Å²) in [6.07, 6.45) is 0.497. The van der Waals surface area contributed by atoms with E-state index in [0.717, 1.165) is 5.56 Å². The smallest absolute Gasteiger partial charge is 0.261 e. The fraction of sp³-hybridized carbons (Fsp3) is 0.391. The fourth-order valence-electron chi connectivity index (χ4n) is 3.08. The number of benzene rings is 2. The van der Waals surface area contributed by atoms with E-state index in [4.69, 9.17) is 14.2 Å². The van der Waals surface area contributed by atoms with Crippen LogP contribution in [0.5, 0.6) is 17.2 Å². The van der Waals surface area contributed by atoms with Crippen LogP contribution in [0.25, 0.3) is 0 Å². The standard InChI is InChI=1S/C23H30N2O5/c1-5-21(23(27)24-6-2)25(15-17-10-8-7-9-11-17)22(26)16-30-20-13-18(28-3)12-19(14-20)29-4/h7-14,21H,5-6,15-16H2,1-4H3,(H,24,27)/t21-/m1/s1. The van der Waals surface area contributed by atoms with E-state index in [1.54, 1.807) is 37.3 Å². The van der Waals surface area contributed by atoms with Gasteiger partial charge in [0.1, 0.15) is 23.3 Å². The van der Waals surface area contributed by atoms with Gasteiger partial charge in [-0.05, 0) is 18.9 Å². The SMILES string of the molecule is CCNC(=O)[C@@H](CC)N(Cc1ccccc1)C(=O)COc1cc(OC)cc(OC)c1. The molecule has 2 rings (SSSR count). The lowest BCUT2D eigenvalue weighted by molar-refractivity contribution is -0.142. The van der Waals surface area contributed by atoms with Crippen molar-refractivity contribution in [1.82, 2.24) is 10.2 Å². The number of ether oxygens (including phenoxy) is 3. The lowest BCUT2D eigenvalue weighted by atomic mass is 10.1. The van der Waals surface area contributed by atoms with Gasteiger partial charge in [-0.3, -0.25) is 9.59 Å². The van der Waals surface area contributed by atoms with Gasteiger partial charge in [-0.2, -0.15) is 0 Å². The van der Waals surface area contributed by atoms with Gasteiger partial charge in [-0.1, -0.05) is 37.3 Å². The Labute approximate surface area is 177 Å². The summed E-state index contributed by atoms with van der Waals surface area (Å²) in [5, 5.41) is 2.81. The number of nitrogens with zero attached hydrogens (tertiary/aromatic N) is 1. The number of amides is 2. The third kappa shape index (κ3) is 6.40. The molecule has 0 radical (unpaired) electrons. The van der Waals surface area contributed by atoms with Crippen LogP contribution in [0.1, 0.15) is 25.8 Å². The predicted molar refractivity (Wildman–Crippen MR) is 115 cm³/mol. The highest BCUT2D eigenvalue weighted by Crippen LogP contribution is 2.27. The number of methoxy groups -OCH3 is 2. The largest absolute Gasteiger partial charge is 0.496 e. The van der Waals surface area contributed by atoms with E-state index in [0.29, 0.717) is 36.8 Å². The van der Waals surface area contributed by atoms with E-state index in [9.17, 15) is 9.59 Å². The minimum Gasteiger partial charge on any atom is -0.496 e. The number of rotatable bonds is 11. The molecule has 0 saturated carbocycles. The number of hydrogen-bond acceptors (Lipinski definition) is 5. The average Bonchev–Trinajstić information content (AvgIpc) is 2.77. The van der Waals surface area contributed by atoms with Crippen molar-refractivity contribution in [2.45, 2.75) is 32.9 Å². The third-order valence-electron chi connectivity index (χ3n) is 4.62. The van der Waals surface area contributed by atoms with Crippen molar-refractivity contribution in [3.8, 4) is 17.2 Å². The molecule has 0 aliphatic rings. The minimum absolute atomic E-state index is 0.174. The third-order valence-corrected chi connectivity index (χ3v) is 4.62. The number of likely N-dealkylation sites (N-methyl/N-ethyl adjacent to an activating group) is 1. The van der Waals surface area contributed by atoms with Gasteiger partial charge in [0.2, 0.25) is 5.91 Å². The molecule has 7 nitrogen and oxygen atoms in total. The van der Waals surface area contributed by atoms with Gasteiger partial charge < -0.3 is 24.4 Å². The van der Waals surface area contributed by atoms with Crippen molar-refractivity contribution in [3.05, 3.63) is 54.1 Å². The second-order valence-electron chi connectivity index (χ2n) is 6.66. The monoisotopic (exact) mass is 414 g/mol. The van der Waals surface area contributed by atoms with Gasteiger partial charge in [0, 0.05) is 31.3 Å². The van der Waals surface area contributed by atoms with Gasteiger partial charge in [-0.25, -0.2) is 0 Å². The number of nitrogens with one attached hydrogen (secondary N) is 1. The molecular formula is C23H30N2O5. The second kappa shape index (κ2) is 11.7. The van der Waals surface area contributed by atoms with Crippen LogP contribution in [-0.4, -0.2) is 50.1 Å². The van der Waals surface area contributed by atoms with E-state index in [-0.39, 0.29) is 18.4 Å². The topological polar surface area (TPSA) is 77.1 Å². The van der Waals surface area contributed by atoms with Crippen molar-refractivity contribution in [1.29, 1.82) is 0 Å². The van der Waals surface area contributed by atoms with Gasteiger partial charge >= 0.3 is 0 Å². The van der Waals surface area contributed by atoms with Crippen LogP contribution in [0, 0.1) is 0 Å². The first-order valence-corrected chi connectivity index (χ1v) is 9.99. The highest BCUT2D eigenvalue weighted by atomic mass is 16.5. The van der Waals surface area contributed by atoms with Crippen LogP contribution in [0.15, 0.2) is 48.5 Å². The molecule has 1 atom stereocenters. The summed E-state index contributed by atoms with van der Waals surface area (Å²) in [5.74, 6) is 1.12. The number of carbonyl (C=O) groups excluding carboxylic acids is 2. The van der Waals surface area contributed by atoms with Crippen LogP contribution in [0.4, 0.5) is 0 Å². The summed E-state index contributed by atoms with van der Waals surface area (Å²) >= 11 is 0. The maximum absolute atomic E-state index is 13.1. The lowest BCUT2D eigenvalue weighted by Crippen LogP contribution is -2.50. The minimum atomic E-state index is -0.582. The summed E-state index contributed by atoms with van der Waals surface area (Å²) in [5.41, 5.74) is 0.941. The van der Waals surface area contributed by atoms with Crippen LogP contribution in [0.3, 0.4) is 0 Å². The zero-order valence-electron chi connectivity index (χ0n) is 18.0. The Morgan fingerprint density at radius 3 is 2.10 bits per heavy atom. The maximum Gasteiger partial charge on any atom is 0.261 e. The Morgan fingerprint density at radius 2 is 1.57 bits per heavy atom. The Morgan fingerprint density at radius 1 is 0.967 bits per heavy atom. The van der Waals surface area contributed by atoms with Gasteiger partial charge in [-0.15, -0.1) is 0 Å². The quantitative estimate of drug-likeness (QED) is 0.612. The van der Waals surface area contributed by atoms with E-state index in [1.165, 1.54) is 0 Å². The van der Waals surface area contributed by atoms with Gasteiger partial charge in [0.15, 0.2) is 6.61 Å². The average molecular weight is 415 g/mol. The summed E-state index contributed by atoms with van der Waals surface area (Å²) in [7, 11) is 3.09. The van der Waals surface area contributed by atoms with E-state index in [2.05, 4.69) is 5.32 Å². The molecule has 2 aromatic carbocycles. The van der Waals surface area contributed by atoms with Crippen LogP contribution >= 0.6 is 0 Å². The molecule has 162 valence electrons. The molecule has 0 heterocycles. The first-order valence-electron chi connectivity index (χ1n) is 9.99. The molecule has 1 N–H and O–H groups in total. The Bertz CT molecular complexity index is 803. The first-order chi connectivity index (χ1) is 14.5. The Hall–Kier alpha value is -3.22. The van der Waals surface area contributed by atoms with Gasteiger partial charge in [0.25, 0.3) is 5.91 Å². The van der Waals surface area contributed by atoms with E-state index >= 15 is 0 Å². The molecule has 0 saturated heterocycles. The molecule has 0 unspecified atom stereocenters. The molecule has 0 fully saturated rings. The van der Waals surface area contributed by atoms with Gasteiger partial charge in [0.05, 0.1) is 14.2 Å². The summed E-state index contributed by atoms with van der Waals surface area (Å²) < 4.78 is 16.2. The first kappa shape index (κ1) is 23.1. The molecule has 0 aliphatic heterocycles. The summed E-state index contributed by atoms with van der Waals surface area (Å²) in [6.45, 7) is 4.36. The van der Waals surface area contributed by atoms with Crippen molar-refractivity contribution >= 4 is 11.8 Å². The fourth-order valence-corrected chi connectivity index (χ4v) is 3.08. The highest BCUT2D eigenvalue weighted by molar-refractivity contribution is 5.88. The van der Waals surface area contributed by atoms with Crippen molar-refractivity contribution < 1.29 is 23.8 Å². The normalized spacial score (nSPS) is 11.3. The van der Waals surface area contributed by atoms with Crippen molar-refractivity contribution in [2.75, 3.05) is 27.4 Å². The predicted octanol–water partition coefficient (Wildman–Crippen LogP) is 3.03. The zero-order chi connectivity index (χ0) is 21.9. The summed E-state index contributed by atoms with van der Waals surface area (Å²) in [6, 6.07) is 14.1. The Balaban J connectivity index is 2.20. The maximum atomic E-state index is 13.1. The molecule has 0 spiro atoms. The molecule has 0 aromatic heterocycles. The number of carbonyl (C=O) groups is 2. The van der Waals surface area contributed by atoms with Crippen molar-refractivity contribution in [3.63, 3.8) is 0 Å². The highest BCUT2D eigenvalue weighted by Gasteiger charge is 2.28. The second-order valence-corrected chi connectivity index (χ2v) is 6.66. The molecular weight excluding hydrogens is 384 g/mol. The lowest BCUT2D eigenvalue weighted by Gasteiger charge is -2.30. The Kier molecular flexibility index (Phi) is 9.00.